The van der Waals surface area contributed by atoms with Gasteiger partial charge in [0.05, 0.1) is 6.10 Å². The standard InChI is InChI=1S/C14H22FNO/c1-3-10-16(4-2)11-9-14(17)12-5-7-13(15)8-6-12/h5-8,14,17H,3-4,9-11H2,1-2H3. The van der Waals surface area contributed by atoms with Gasteiger partial charge in [-0.1, -0.05) is 26.0 Å². The molecule has 1 aromatic rings. The molecule has 0 aliphatic heterocycles. The SMILES string of the molecule is CCCN(CC)CCC(O)c1ccc(F)cc1. The summed E-state index contributed by atoms with van der Waals surface area (Å²) in [4.78, 5) is 2.31. The van der Waals surface area contributed by atoms with Crippen LogP contribution in [0.15, 0.2) is 24.3 Å². The number of hydrogen-bond acceptors (Lipinski definition) is 2. The topological polar surface area (TPSA) is 23.5 Å². The molecule has 1 rings (SSSR count). The van der Waals surface area contributed by atoms with Gasteiger partial charge in [0, 0.05) is 6.54 Å². The van der Waals surface area contributed by atoms with E-state index in [1.807, 2.05) is 0 Å². The molecule has 0 amide bonds. The second kappa shape index (κ2) is 7.41. The molecular formula is C14H22FNO. The van der Waals surface area contributed by atoms with Gasteiger partial charge in [0.2, 0.25) is 0 Å². The zero-order valence-corrected chi connectivity index (χ0v) is 10.7. The van der Waals surface area contributed by atoms with Crippen molar-refractivity contribution in [3.05, 3.63) is 35.6 Å². The van der Waals surface area contributed by atoms with Crippen LogP contribution in [0.3, 0.4) is 0 Å². The second-order valence-electron chi connectivity index (χ2n) is 4.29. The van der Waals surface area contributed by atoms with E-state index in [0.717, 1.165) is 31.6 Å². The summed E-state index contributed by atoms with van der Waals surface area (Å²) in [6, 6.07) is 6.08. The Morgan fingerprint density at radius 3 is 2.35 bits per heavy atom. The molecule has 0 heterocycles. The number of rotatable bonds is 7. The summed E-state index contributed by atoms with van der Waals surface area (Å²) in [5.74, 6) is -0.262. The van der Waals surface area contributed by atoms with E-state index in [9.17, 15) is 9.50 Å². The van der Waals surface area contributed by atoms with Crippen molar-refractivity contribution in [1.82, 2.24) is 4.90 Å². The summed E-state index contributed by atoms with van der Waals surface area (Å²) in [6.07, 6.45) is 1.32. The summed E-state index contributed by atoms with van der Waals surface area (Å²) >= 11 is 0. The molecule has 0 radical (unpaired) electrons. The van der Waals surface area contributed by atoms with E-state index in [-0.39, 0.29) is 5.82 Å². The van der Waals surface area contributed by atoms with E-state index >= 15 is 0 Å². The lowest BCUT2D eigenvalue weighted by Crippen LogP contribution is -2.26. The number of hydrogen-bond donors (Lipinski definition) is 1. The minimum absolute atomic E-state index is 0.262. The van der Waals surface area contributed by atoms with Crippen LogP contribution in [-0.2, 0) is 0 Å². The van der Waals surface area contributed by atoms with Gasteiger partial charge in [-0.25, -0.2) is 4.39 Å². The Morgan fingerprint density at radius 2 is 1.82 bits per heavy atom. The third-order valence-corrected chi connectivity index (χ3v) is 2.96. The fourth-order valence-corrected chi connectivity index (χ4v) is 1.90. The Bertz CT molecular complexity index is 313. The normalized spacial score (nSPS) is 13.0. The summed E-state index contributed by atoms with van der Waals surface area (Å²) in [5, 5.41) is 9.97. The van der Waals surface area contributed by atoms with Gasteiger partial charge in [0.1, 0.15) is 5.82 Å². The van der Waals surface area contributed by atoms with Crippen molar-refractivity contribution in [2.24, 2.45) is 0 Å². The summed E-state index contributed by atoms with van der Waals surface area (Å²) < 4.78 is 12.7. The summed E-state index contributed by atoms with van der Waals surface area (Å²) in [6.45, 7) is 7.22. The average Bonchev–Trinajstić information content (AvgIpc) is 2.35. The molecule has 1 N–H and O–H groups in total. The van der Waals surface area contributed by atoms with Gasteiger partial charge in [-0.05, 0) is 43.6 Å². The maximum Gasteiger partial charge on any atom is 0.123 e. The molecule has 1 aromatic carbocycles. The van der Waals surface area contributed by atoms with Crippen LogP contribution in [0.25, 0.3) is 0 Å². The minimum Gasteiger partial charge on any atom is -0.388 e. The number of aliphatic hydroxyl groups excluding tert-OH is 1. The smallest absolute Gasteiger partial charge is 0.123 e. The van der Waals surface area contributed by atoms with Crippen molar-refractivity contribution in [1.29, 1.82) is 0 Å². The zero-order valence-electron chi connectivity index (χ0n) is 10.7. The first-order valence-electron chi connectivity index (χ1n) is 6.33. The third-order valence-electron chi connectivity index (χ3n) is 2.96. The maximum absolute atomic E-state index is 12.7. The first-order chi connectivity index (χ1) is 8.17. The lowest BCUT2D eigenvalue weighted by atomic mass is 10.1. The largest absolute Gasteiger partial charge is 0.388 e. The first kappa shape index (κ1) is 14.1. The number of nitrogens with zero attached hydrogens (tertiary/aromatic N) is 1. The molecule has 96 valence electrons. The van der Waals surface area contributed by atoms with E-state index in [1.54, 1.807) is 12.1 Å². The molecule has 17 heavy (non-hydrogen) atoms. The van der Waals surface area contributed by atoms with Crippen LogP contribution < -0.4 is 0 Å². The highest BCUT2D eigenvalue weighted by molar-refractivity contribution is 5.18. The van der Waals surface area contributed by atoms with Crippen molar-refractivity contribution in [3.8, 4) is 0 Å². The lowest BCUT2D eigenvalue weighted by molar-refractivity contribution is 0.143. The predicted molar refractivity (Wildman–Crippen MR) is 68.4 cm³/mol. The molecule has 0 saturated carbocycles. The van der Waals surface area contributed by atoms with Crippen molar-refractivity contribution in [3.63, 3.8) is 0 Å². The maximum atomic E-state index is 12.7. The molecule has 0 saturated heterocycles. The van der Waals surface area contributed by atoms with Crippen LogP contribution in [0.4, 0.5) is 4.39 Å². The molecule has 0 aliphatic rings. The van der Waals surface area contributed by atoms with Crippen molar-refractivity contribution < 1.29 is 9.50 Å². The van der Waals surface area contributed by atoms with Crippen molar-refractivity contribution >= 4 is 0 Å². The molecular weight excluding hydrogens is 217 g/mol. The molecule has 0 aliphatic carbocycles. The first-order valence-corrected chi connectivity index (χ1v) is 6.33. The number of aliphatic hydroxyl groups is 1. The van der Waals surface area contributed by atoms with E-state index in [0.29, 0.717) is 6.42 Å². The van der Waals surface area contributed by atoms with Gasteiger partial charge < -0.3 is 10.0 Å². The molecule has 2 nitrogen and oxygen atoms in total. The highest BCUT2D eigenvalue weighted by atomic mass is 19.1. The fourth-order valence-electron chi connectivity index (χ4n) is 1.90. The van der Waals surface area contributed by atoms with E-state index in [1.165, 1.54) is 12.1 Å². The predicted octanol–water partition coefficient (Wildman–Crippen LogP) is 2.98. The van der Waals surface area contributed by atoms with E-state index in [4.69, 9.17) is 0 Å². The van der Waals surface area contributed by atoms with Gasteiger partial charge in [0.15, 0.2) is 0 Å². The second-order valence-corrected chi connectivity index (χ2v) is 4.29. The van der Waals surface area contributed by atoms with Crippen molar-refractivity contribution in [2.45, 2.75) is 32.8 Å². The number of benzene rings is 1. The third kappa shape index (κ3) is 4.84. The Kier molecular flexibility index (Phi) is 6.16. The molecule has 0 aromatic heterocycles. The van der Waals surface area contributed by atoms with Crippen LogP contribution in [0, 0.1) is 5.82 Å². The van der Waals surface area contributed by atoms with Gasteiger partial charge in [-0.3, -0.25) is 0 Å². The van der Waals surface area contributed by atoms with E-state index in [2.05, 4.69) is 18.7 Å². The molecule has 1 unspecified atom stereocenters. The Labute approximate surface area is 103 Å². The fraction of sp³-hybridized carbons (Fsp3) is 0.571. The molecule has 3 heteroatoms. The summed E-state index contributed by atoms with van der Waals surface area (Å²) in [5.41, 5.74) is 0.791. The highest BCUT2D eigenvalue weighted by Gasteiger charge is 2.09. The van der Waals surface area contributed by atoms with Gasteiger partial charge in [-0.15, -0.1) is 0 Å². The van der Waals surface area contributed by atoms with Crippen LogP contribution in [0.2, 0.25) is 0 Å². The van der Waals surface area contributed by atoms with E-state index < -0.39 is 6.10 Å². The molecule has 0 fully saturated rings. The van der Waals surface area contributed by atoms with Gasteiger partial charge in [-0.2, -0.15) is 0 Å². The van der Waals surface area contributed by atoms with Crippen LogP contribution in [-0.4, -0.2) is 29.6 Å². The lowest BCUT2D eigenvalue weighted by Gasteiger charge is -2.21. The molecule has 0 bridgehead atoms. The molecule has 0 spiro atoms. The van der Waals surface area contributed by atoms with Crippen LogP contribution >= 0.6 is 0 Å². The highest BCUT2D eigenvalue weighted by Crippen LogP contribution is 2.17. The zero-order chi connectivity index (χ0) is 12.7. The van der Waals surface area contributed by atoms with Crippen LogP contribution in [0.5, 0.6) is 0 Å². The Morgan fingerprint density at radius 1 is 1.18 bits per heavy atom. The molecule has 1 atom stereocenters. The van der Waals surface area contributed by atoms with Gasteiger partial charge >= 0.3 is 0 Å². The minimum atomic E-state index is -0.499. The van der Waals surface area contributed by atoms with Crippen LogP contribution in [0.1, 0.15) is 38.4 Å². The number of halogens is 1. The monoisotopic (exact) mass is 239 g/mol. The Balaban J connectivity index is 2.43. The quantitative estimate of drug-likeness (QED) is 0.790. The van der Waals surface area contributed by atoms with Crippen molar-refractivity contribution in [2.75, 3.05) is 19.6 Å². The summed E-state index contributed by atoms with van der Waals surface area (Å²) in [7, 11) is 0. The average molecular weight is 239 g/mol. The Hall–Kier alpha value is -0.930. The van der Waals surface area contributed by atoms with Gasteiger partial charge in [0.25, 0.3) is 0 Å².